The molecule has 2 aromatic rings. The number of benzene rings is 1. The first kappa shape index (κ1) is 19.4. The van der Waals surface area contributed by atoms with Crippen molar-refractivity contribution < 1.29 is 9.59 Å². The Kier molecular flexibility index (Phi) is 5.49. The quantitative estimate of drug-likeness (QED) is 0.817. The van der Waals surface area contributed by atoms with Crippen molar-refractivity contribution in [2.24, 2.45) is 5.92 Å². The van der Waals surface area contributed by atoms with E-state index in [1.54, 1.807) is 12.3 Å². The standard InChI is InChI=1S/C22H27N5O2/c1-15-3-6-18(24-21(28)16-4-5-16)14-19(15)25-22(29)17-7-8-23-20(13-17)27-11-9-26(2)10-12-27/h3,6-8,13-14,16H,4-5,9-12H2,1-2H3,(H,24,28)(H,25,29). The molecule has 1 saturated heterocycles. The second-order valence-corrected chi connectivity index (χ2v) is 7.94. The van der Waals surface area contributed by atoms with E-state index >= 15 is 0 Å². The van der Waals surface area contributed by atoms with Gasteiger partial charge in [0.05, 0.1) is 0 Å². The summed E-state index contributed by atoms with van der Waals surface area (Å²) in [7, 11) is 2.11. The Bertz CT molecular complexity index is 917. The molecule has 1 aromatic heterocycles. The summed E-state index contributed by atoms with van der Waals surface area (Å²) in [6.07, 6.45) is 3.60. The van der Waals surface area contributed by atoms with E-state index in [9.17, 15) is 9.59 Å². The molecule has 152 valence electrons. The third kappa shape index (κ3) is 4.74. The number of hydrogen-bond acceptors (Lipinski definition) is 5. The van der Waals surface area contributed by atoms with E-state index in [0.29, 0.717) is 16.9 Å². The van der Waals surface area contributed by atoms with Crippen LogP contribution in [0.25, 0.3) is 0 Å². The molecule has 4 rings (SSSR count). The molecule has 0 bridgehead atoms. The van der Waals surface area contributed by atoms with E-state index in [1.165, 1.54) is 0 Å². The fraction of sp³-hybridized carbons (Fsp3) is 0.409. The van der Waals surface area contributed by atoms with Crippen LogP contribution < -0.4 is 15.5 Å². The van der Waals surface area contributed by atoms with Crippen molar-refractivity contribution in [2.45, 2.75) is 19.8 Å². The third-order valence-electron chi connectivity index (χ3n) is 5.54. The summed E-state index contributed by atoms with van der Waals surface area (Å²) in [5.41, 5.74) is 2.91. The second-order valence-electron chi connectivity index (χ2n) is 7.94. The van der Waals surface area contributed by atoms with Crippen LogP contribution in [0.1, 0.15) is 28.8 Å². The highest BCUT2D eigenvalue weighted by Crippen LogP contribution is 2.31. The molecule has 1 aromatic carbocycles. The molecule has 0 atom stereocenters. The second kappa shape index (κ2) is 8.21. The van der Waals surface area contributed by atoms with Crippen LogP contribution in [-0.2, 0) is 4.79 Å². The van der Waals surface area contributed by atoms with Gasteiger partial charge >= 0.3 is 0 Å². The first-order chi connectivity index (χ1) is 14.0. The van der Waals surface area contributed by atoms with Gasteiger partial charge in [-0.25, -0.2) is 4.98 Å². The molecular weight excluding hydrogens is 366 g/mol. The summed E-state index contributed by atoms with van der Waals surface area (Å²) in [5.74, 6) is 0.834. The zero-order chi connectivity index (χ0) is 20.4. The number of carbonyl (C=O) groups is 2. The summed E-state index contributed by atoms with van der Waals surface area (Å²) < 4.78 is 0. The van der Waals surface area contributed by atoms with Crippen LogP contribution in [0.5, 0.6) is 0 Å². The minimum Gasteiger partial charge on any atom is -0.354 e. The number of hydrogen-bond donors (Lipinski definition) is 2. The van der Waals surface area contributed by atoms with Crippen LogP contribution >= 0.6 is 0 Å². The van der Waals surface area contributed by atoms with E-state index in [1.807, 2.05) is 31.2 Å². The molecular formula is C22H27N5O2. The van der Waals surface area contributed by atoms with Gasteiger partial charge in [0.2, 0.25) is 5.91 Å². The van der Waals surface area contributed by atoms with Gasteiger partial charge in [0.15, 0.2) is 0 Å². The van der Waals surface area contributed by atoms with Crippen molar-refractivity contribution in [3.05, 3.63) is 47.7 Å². The van der Waals surface area contributed by atoms with E-state index in [0.717, 1.165) is 50.4 Å². The van der Waals surface area contributed by atoms with Gasteiger partial charge in [-0.1, -0.05) is 6.07 Å². The Labute approximate surface area is 171 Å². The Morgan fingerprint density at radius 1 is 1.03 bits per heavy atom. The number of anilines is 3. The predicted octanol–water partition coefficient (Wildman–Crippen LogP) is 2.74. The van der Waals surface area contributed by atoms with Crippen molar-refractivity contribution in [3.8, 4) is 0 Å². The van der Waals surface area contributed by atoms with Crippen LogP contribution in [0.2, 0.25) is 0 Å². The Morgan fingerprint density at radius 2 is 1.79 bits per heavy atom. The van der Waals surface area contributed by atoms with Crippen molar-refractivity contribution >= 4 is 29.0 Å². The number of nitrogens with zero attached hydrogens (tertiary/aromatic N) is 3. The molecule has 0 unspecified atom stereocenters. The van der Waals surface area contributed by atoms with Gasteiger partial charge in [0.25, 0.3) is 5.91 Å². The monoisotopic (exact) mass is 393 g/mol. The van der Waals surface area contributed by atoms with Gasteiger partial charge in [-0.15, -0.1) is 0 Å². The van der Waals surface area contributed by atoms with Gasteiger partial charge < -0.3 is 20.4 Å². The molecule has 0 spiro atoms. The fourth-order valence-electron chi connectivity index (χ4n) is 3.39. The summed E-state index contributed by atoms with van der Waals surface area (Å²) in [5, 5.41) is 5.91. The fourth-order valence-corrected chi connectivity index (χ4v) is 3.39. The molecule has 7 nitrogen and oxygen atoms in total. The molecule has 1 aliphatic carbocycles. The lowest BCUT2D eigenvalue weighted by atomic mass is 10.1. The van der Waals surface area contributed by atoms with Crippen LogP contribution in [0.3, 0.4) is 0 Å². The van der Waals surface area contributed by atoms with Gasteiger partial charge in [-0.05, 0) is 56.6 Å². The molecule has 2 aliphatic rings. The highest BCUT2D eigenvalue weighted by Gasteiger charge is 2.29. The summed E-state index contributed by atoms with van der Waals surface area (Å²) in [6, 6.07) is 9.15. The zero-order valence-corrected chi connectivity index (χ0v) is 16.9. The first-order valence-corrected chi connectivity index (χ1v) is 10.1. The molecule has 1 aliphatic heterocycles. The Morgan fingerprint density at radius 3 is 2.52 bits per heavy atom. The van der Waals surface area contributed by atoms with Crippen molar-refractivity contribution in [2.75, 3.05) is 48.8 Å². The van der Waals surface area contributed by atoms with Gasteiger partial charge in [-0.3, -0.25) is 9.59 Å². The molecule has 0 radical (unpaired) electrons. The number of likely N-dealkylation sites (N-methyl/N-ethyl adjacent to an activating group) is 1. The number of aryl methyl sites for hydroxylation is 1. The summed E-state index contributed by atoms with van der Waals surface area (Å²) >= 11 is 0. The van der Waals surface area contributed by atoms with Crippen molar-refractivity contribution in [1.29, 1.82) is 0 Å². The van der Waals surface area contributed by atoms with Crippen molar-refractivity contribution in [3.63, 3.8) is 0 Å². The number of aromatic nitrogens is 1. The average molecular weight is 393 g/mol. The highest BCUT2D eigenvalue weighted by molar-refractivity contribution is 6.05. The number of amides is 2. The lowest BCUT2D eigenvalue weighted by Gasteiger charge is -2.33. The Balaban J connectivity index is 1.46. The zero-order valence-electron chi connectivity index (χ0n) is 16.9. The minimum atomic E-state index is -0.184. The van der Waals surface area contributed by atoms with Crippen LogP contribution in [0, 0.1) is 12.8 Å². The van der Waals surface area contributed by atoms with Gasteiger partial charge in [0.1, 0.15) is 5.82 Å². The third-order valence-corrected chi connectivity index (χ3v) is 5.54. The molecule has 1 saturated carbocycles. The summed E-state index contributed by atoms with van der Waals surface area (Å²) in [4.78, 5) is 33.8. The predicted molar refractivity (Wildman–Crippen MR) is 114 cm³/mol. The lowest BCUT2D eigenvalue weighted by molar-refractivity contribution is -0.117. The van der Waals surface area contributed by atoms with E-state index < -0.39 is 0 Å². The lowest BCUT2D eigenvalue weighted by Crippen LogP contribution is -2.44. The van der Waals surface area contributed by atoms with Crippen LogP contribution in [-0.4, -0.2) is 54.9 Å². The molecule has 29 heavy (non-hydrogen) atoms. The normalized spacial score (nSPS) is 17.1. The molecule has 2 heterocycles. The number of nitrogens with one attached hydrogen (secondary N) is 2. The topological polar surface area (TPSA) is 77.6 Å². The number of pyridine rings is 1. The average Bonchev–Trinajstić information content (AvgIpc) is 3.56. The smallest absolute Gasteiger partial charge is 0.255 e. The SMILES string of the molecule is Cc1ccc(NC(=O)C2CC2)cc1NC(=O)c1ccnc(N2CCN(C)CC2)c1. The minimum absolute atomic E-state index is 0.0529. The molecule has 2 fully saturated rings. The first-order valence-electron chi connectivity index (χ1n) is 10.1. The van der Waals surface area contributed by atoms with Crippen molar-refractivity contribution in [1.82, 2.24) is 9.88 Å². The van der Waals surface area contributed by atoms with E-state index in [4.69, 9.17) is 0 Å². The maximum Gasteiger partial charge on any atom is 0.255 e. The maximum atomic E-state index is 12.9. The number of piperazine rings is 1. The molecule has 7 heteroatoms. The van der Waals surface area contributed by atoms with E-state index in [2.05, 4.69) is 32.5 Å². The van der Waals surface area contributed by atoms with Crippen LogP contribution in [0.15, 0.2) is 36.5 Å². The number of carbonyl (C=O) groups excluding carboxylic acids is 2. The number of rotatable bonds is 5. The maximum absolute atomic E-state index is 12.9. The molecule has 2 amide bonds. The largest absolute Gasteiger partial charge is 0.354 e. The highest BCUT2D eigenvalue weighted by atomic mass is 16.2. The van der Waals surface area contributed by atoms with Gasteiger partial charge in [-0.2, -0.15) is 0 Å². The Hall–Kier alpha value is -2.93. The molecule has 2 N–H and O–H groups in total. The van der Waals surface area contributed by atoms with Gasteiger partial charge in [0, 0.05) is 55.2 Å². The van der Waals surface area contributed by atoms with Crippen LogP contribution in [0.4, 0.5) is 17.2 Å². The summed E-state index contributed by atoms with van der Waals surface area (Å²) in [6.45, 7) is 5.70. The van der Waals surface area contributed by atoms with E-state index in [-0.39, 0.29) is 17.7 Å².